The van der Waals surface area contributed by atoms with E-state index in [4.69, 9.17) is 0 Å². The Balaban J connectivity index is 2.33. The zero-order valence-corrected chi connectivity index (χ0v) is 8.33. The van der Waals surface area contributed by atoms with Crippen molar-refractivity contribution in [2.45, 2.75) is 6.10 Å². The summed E-state index contributed by atoms with van der Waals surface area (Å²) in [6.45, 7) is 0. The van der Waals surface area contributed by atoms with Gasteiger partial charge in [0.05, 0.1) is 11.1 Å². The van der Waals surface area contributed by atoms with Crippen LogP contribution in [-0.2, 0) is 7.05 Å². The molecule has 0 aromatic carbocycles. The van der Waals surface area contributed by atoms with E-state index < -0.39 is 6.10 Å². The maximum absolute atomic E-state index is 13.1. The summed E-state index contributed by atoms with van der Waals surface area (Å²) in [4.78, 5) is 0.331. The number of aliphatic hydroxyl groups is 1. The van der Waals surface area contributed by atoms with Crippen molar-refractivity contribution in [3.8, 4) is 0 Å². The molecule has 3 nitrogen and oxygen atoms in total. The van der Waals surface area contributed by atoms with Crippen molar-refractivity contribution in [2.24, 2.45) is 7.05 Å². The van der Waals surface area contributed by atoms with E-state index in [1.54, 1.807) is 23.3 Å². The maximum atomic E-state index is 13.1. The first-order chi connectivity index (χ1) is 6.68. The number of aromatic nitrogens is 2. The largest absolute Gasteiger partial charge is 0.383 e. The van der Waals surface area contributed by atoms with Gasteiger partial charge in [-0.15, -0.1) is 11.3 Å². The predicted molar refractivity (Wildman–Crippen MR) is 51.5 cm³/mol. The molecule has 2 rings (SSSR count). The van der Waals surface area contributed by atoms with Crippen LogP contribution in [0, 0.1) is 5.82 Å². The monoisotopic (exact) mass is 212 g/mol. The Kier molecular flexibility index (Phi) is 2.35. The van der Waals surface area contributed by atoms with Gasteiger partial charge in [0.15, 0.2) is 0 Å². The number of aryl methyl sites for hydroxylation is 1. The average Bonchev–Trinajstić information content (AvgIpc) is 2.73. The van der Waals surface area contributed by atoms with Crippen LogP contribution in [-0.4, -0.2) is 14.9 Å². The lowest BCUT2D eigenvalue weighted by Crippen LogP contribution is -1.97. The van der Waals surface area contributed by atoms with Crippen LogP contribution in [0.25, 0.3) is 0 Å². The third kappa shape index (κ3) is 1.56. The van der Waals surface area contributed by atoms with Gasteiger partial charge in [-0.3, -0.25) is 4.68 Å². The molecule has 5 heteroatoms. The molecule has 14 heavy (non-hydrogen) atoms. The number of hydrogen-bond donors (Lipinski definition) is 1. The van der Waals surface area contributed by atoms with Crippen molar-refractivity contribution >= 4 is 11.3 Å². The Morgan fingerprint density at radius 1 is 1.64 bits per heavy atom. The molecule has 1 unspecified atom stereocenters. The fourth-order valence-electron chi connectivity index (χ4n) is 1.23. The molecule has 0 aliphatic rings. The minimum atomic E-state index is -0.913. The lowest BCUT2D eigenvalue weighted by Gasteiger charge is -2.04. The first-order valence-corrected chi connectivity index (χ1v) is 4.96. The van der Waals surface area contributed by atoms with E-state index in [0.29, 0.717) is 10.4 Å². The molecule has 0 aliphatic heterocycles. The normalized spacial score (nSPS) is 13.1. The molecule has 2 heterocycles. The topological polar surface area (TPSA) is 38.0 Å². The van der Waals surface area contributed by atoms with Crippen LogP contribution in [0.2, 0.25) is 0 Å². The molecular formula is C9H9FN2OS. The van der Waals surface area contributed by atoms with E-state index in [9.17, 15) is 9.50 Å². The van der Waals surface area contributed by atoms with Crippen molar-refractivity contribution in [3.63, 3.8) is 0 Å². The summed E-state index contributed by atoms with van der Waals surface area (Å²) in [7, 11) is 1.75. The minimum Gasteiger partial charge on any atom is -0.383 e. The molecule has 0 amide bonds. The lowest BCUT2D eigenvalue weighted by atomic mass is 10.2. The van der Waals surface area contributed by atoms with Crippen molar-refractivity contribution in [2.75, 3.05) is 0 Å². The fourth-order valence-corrected chi connectivity index (χ4v) is 2.01. The van der Waals surface area contributed by atoms with Gasteiger partial charge >= 0.3 is 0 Å². The van der Waals surface area contributed by atoms with Crippen LogP contribution in [0.15, 0.2) is 23.8 Å². The summed E-state index contributed by atoms with van der Waals surface area (Å²) in [5.41, 5.74) is 0.605. The van der Waals surface area contributed by atoms with Crippen molar-refractivity contribution in [1.82, 2.24) is 9.78 Å². The van der Waals surface area contributed by atoms with Crippen LogP contribution in [0.3, 0.4) is 0 Å². The lowest BCUT2D eigenvalue weighted by molar-refractivity contribution is 0.219. The van der Waals surface area contributed by atoms with E-state index in [1.165, 1.54) is 23.6 Å². The van der Waals surface area contributed by atoms with E-state index >= 15 is 0 Å². The Hall–Kier alpha value is -1.20. The fraction of sp³-hybridized carbons (Fsp3) is 0.222. The van der Waals surface area contributed by atoms with Gasteiger partial charge in [-0.1, -0.05) is 0 Å². The van der Waals surface area contributed by atoms with Gasteiger partial charge in [0.25, 0.3) is 0 Å². The zero-order valence-electron chi connectivity index (χ0n) is 7.51. The standard InChI is InChI=1S/C9H9FN2OS/c1-12-5-6(4-11-12)8(13)9-7(10)2-3-14-9/h2-5,8,13H,1H3. The van der Waals surface area contributed by atoms with Crippen LogP contribution in [0.5, 0.6) is 0 Å². The second-order valence-electron chi connectivity index (χ2n) is 2.98. The number of rotatable bonds is 2. The van der Waals surface area contributed by atoms with E-state index in [1.807, 2.05) is 0 Å². The van der Waals surface area contributed by atoms with Gasteiger partial charge in [-0.2, -0.15) is 5.10 Å². The predicted octanol–water partition coefficient (Wildman–Crippen LogP) is 1.70. The maximum Gasteiger partial charge on any atom is 0.140 e. The van der Waals surface area contributed by atoms with Crippen LogP contribution in [0.1, 0.15) is 16.5 Å². The molecule has 0 spiro atoms. The Bertz CT molecular complexity index is 437. The van der Waals surface area contributed by atoms with Crippen molar-refractivity contribution < 1.29 is 9.50 Å². The number of halogens is 1. The summed E-state index contributed by atoms with van der Waals surface area (Å²) < 4.78 is 14.7. The molecule has 0 fully saturated rings. The third-order valence-corrected chi connectivity index (χ3v) is 2.88. The van der Waals surface area contributed by atoms with Crippen molar-refractivity contribution in [1.29, 1.82) is 0 Å². The van der Waals surface area contributed by atoms with Gasteiger partial charge in [0.1, 0.15) is 11.9 Å². The first-order valence-electron chi connectivity index (χ1n) is 4.08. The van der Waals surface area contributed by atoms with Gasteiger partial charge < -0.3 is 5.11 Å². The highest BCUT2D eigenvalue weighted by Gasteiger charge is 2.17. The zero-order chi connectivity index (χ0) is 10.1. The highest BCUT2D eigenvalue weighted by molar-refractivity contribution is 7.10. The van der Waals surface area contributed by atoms with Crippen LogP contribution < -0.4 is 0 Å². The quantitative estimate of drug-likeness (QED) is 0.822. The van der Waals surface area contributed by atoms with Crippen molar-refractivity contribution in [3.05, 3.63) is 40.1 Å². The first kappa shape index (κ1) is 9.36. The van der Waals surface area contributed by atoms with E-state index in [0.717, 1.165) is 0 Å². The van der Waals surface area contributed by atoms with Crippen LogP contribution >= 0.6 is 11.3 Å². The highest BCUT2D eigenvalue weighted by atomic mass is 32.1. The number of aliphatic hydroxyl groups excluding tert-OH is 1. The molecule has 0 aliphatic carbocycles. The second-order valence-corrected chi connectivity index (χ2v) is 3.93. The molecule has 2 aromatic heterocycles. The molecule has 0 radical (unpaired) electrons. The molecule has 1 atom stereocenters. The molecule has 74 valence electrons. The molecule has 0 saturated carbocycles. The van der Waals surface area contributed by atoms with E-state index in [-0.39, 0.29) is 5.82 Å². The van der Waals surface area contributed by atoms with Gasteiger partial charge in [0.2, 0.25) is 0 Å². The van der Waals surface area contributed by atoms with E-state index in [2.05, 4.69) is 5.10 Å². The number of hydrogen-bond acceptors (Lipinski definition) is 3. The smallest absolute Gasteiger partial charge is 0.140 e. The second kappa shape index (κ2) is 3.51. The Morgan fingerprint density at radius 2 is 2.43 bits per heavy atom. The highest BCUT2D eigenvalue weighted by Crippen LogP contribution is 2.27. The molecule has 2 aromatic rings. The summed E-state index contributed by atoms with van der Waals surface area (Å²) in [5.74, 6) is -0.369. The molecule has 0 bridgehead atoms. The summed E-state index contributed by atoms with van der Waals surface area (Å²) in [6.07, 6.45) is 2.29. The SMILES string of the molecule is Cn1cc(C(O)c2sccc2F)cn1. The summed E-state index contributed by atoms with van der Waals surface area (Å²) in [6, 6.07) is 1.35. The third-order valence-electron chi connectivity index (χ3n) is 1.93. The minimum absolute atomic E-state index is 0.331. The Morgan fingerprint density at radius 3 is 2.93 bits per heavy atom. The van der Waals surface area contributed by atoms with Crippen LogP contribution in [0.4, 0.5) is 4.39 Å². The molecular weight excluding hydrogens is 203 g/mol. The summed E-state index contributed by atoms with van der Waals surface area (Å²) in [5, 5.41) is 15.3. The molecule has 1 N–H and O–H groups in total. The summed E-state index contributed by atoms with van der Waals surface area (Å²) >= 11 is 1.20. The Labute approximate surface area is 84.4 Å². The van der Waals surface area contributed by atoms with Gasteiger partial charge in [0, 0.05) is 18.8 Å². The van der Waals surface area contributed by atoms with Gasteiger partial charge in [-0.25, -0.2) is 4.39 Å². The number of nitrogens with zero attached hydrogens (tertiary/aromatic N) is 2. The molecule has 0 saturated heterocycles. The number of thiophene rings is 1. The van der Waals surface area contributed by atoms with Gasteiger partial charge in [-0.05, 0) is 11.4 Å². The average molecular weight is 212 g/mol.